The van der Waals surface area contributed by atoms with E-state index in [-0.39, 0.29) is 0 Å². The molecule has 3 fully saturated rings. The number of rotatable bonds is 7. The van der Waals surface area contributed by atoms with Crippen molar-refractivity contribution >= 4 is 0 Å². The van der Waals surface area contributed by atoms with E-state index in [1.54, 1.807) is 19.3 Å². The lowest BCUT2D eigenvalue weighted by atomic mass is 9.56. The summed E-state index contributed by atoms with van der Waals surface area (Å²) < 4.78 is 6.17. The molecule has 1 nitrogen and oxygen atoms in total. The normalized spacial score (nSPS) is 40.4. The van der Waals surface area contributed by atoms with Crippen LogP contribution in [0.1, 0.15) is 97.3 Å². The van der Waals surface area contributed by atoms with Crippen LogP contribution >= 0.6 is 0 Å². The van der Waals surface area contributed by atoms with Crippen LogP contribution in [-0.2, 0) is 4.74 Å². The maximum absolute atomic E-state index is 6.17. The molecule has 3 aliphatic carbocycles. The topological polar surface area (TPSA) is 9.23 Å². The number of ether oxygens (including phenoxy) is 1. The number of fused-ring (bicyclic) bond motifs is 3. The van der Waals surface area contributed by atoms with Gasteiger partial charge in [-0.1, -0.05) is 46.0 Å². The van der Waals surface area contributed by atoms with E-state index in [0.717, 1.165) is 36.2 Å². The van der Waals surface area contributed by atoms with Crippen molar-refractivity contribution in [1.82, 2.24) is 0 Å². The van der Waals surface area contributed by atoms with Crippen molar-refractivity contribution in [3.8, 4) is 0 Å². The largest absolute Gasteiger partial charge is 0.378 e. The summed E-state index contributed by atoms with van der Waals surface area (Å²) in [5.41, 5.74) is 0. The summed E-state index contributed by atoms with van der Waals surface area (Å²) in [7, 11) is 0. The highest BCUT2D eigenvalue weighted by atomic mass is 16.5. The van der Waals surface area contributed by atoms with Crippen LogP contribution in [0.5, 0.6) is 0 Å². The molecule has 0 saturated heterocycles. The Morgan fingerprint density at radius 3 is 2.17 bits per heavy atom. The molecule has 0 spiro atoms. The van der Waals surface area contributed by atoms with Crippen molar-refractivity contribution in [1.29, 1.82) is 0 Å². The highest BCUT2D eigenvalue weighted by molar-refractivity contribution is 4.94. The first kappa shape index (κ1) is 17.8. The van der Waals surface area contributed by atoms with Gasteiger partial charge in [-0.25, -0.2) is 0 Å². The maximum atomic E-state index is 6.17. The van der Waals surface area contributed by atoms with E-state index in [9.17, 15) is 0 Å². The van der Waals surface area contributed by atoms with Crippen molar-refractivity contribution in [3.63, 3.8) is 0 Å². The zero-order valence-corrected chi connectivity index (χ0v) is 15.8. The standard InChI is InChI=1S/C22H40O/c1-3-5-7-17-8-12-21-18(15-17)9-10-19-16-20(11-13-22(19)21)23-14-6-4-2/h17-22H,3-16H2,1-2H3/t17-,18?,19?,20-,21?,22?/m1/s1. The minimum atomic E-state index is 0.597. The molecule has 0 radical (unpaired) electrons. The third-order valence-electron chi connectivity index (χ3n) is 7.42. The Morgan fingerprint density at radius 2 is 1.43 bits per heavy atom. The Kier molecular flexibility index (Phi) is 6.86. The van der Waals surface area contributed by atoms with Crippen LogP contribution in [0.15, 0.2) is 0 Å². The molecule has 3 saturated carbocycles. The van der Waals surface area contributed by atoms with Gasteiger partial charge in [-0.3, -0.25) is 0 Å². The van der Waals surface area contributed by atoms with Crippen molar-refractivity contribution in [2.45, 2.75) is 103 Å². The molecule has 23 heavy (non-hydrogen) atoms. The molecule has 0 N–H and O–H groups in total. The van der Waals surface area contributed by atoms with Gasteiger partial charge in [0.1, 0.15) is 0 Å². The fourth-order valence-electron chi connectivity index (χ4n) is 6.15. The molecular formula is C22H40O. The van der Waals surface area contributed by atoms with Gasteiger partial charge in [-0.15, -0.1) is 0 Å². The van der Waals surface area contributed by atoms with Crippen LogP contribution < -0.4 is 0 Å². The third kappa shape index (κ3) is 4.53. The Balaban J connectivity index is 1.47. The molecule has 0 bridgehead atoms. The van der Waals surface area contributed by atoms with Gasteiger partial charge in [0, 0.05) is 6.61 Å². The molecule has 0 aromatic rings. The molecule has 4 unspecified atom stereocenters. The molecule has 0 heterocycles. The van der Waals surface area contributed by atoms with Gasteiger partial charge in [0.2, 0.25) is 0 Å². The predicted molar refractivity (Wildman–Crippen MR) is 98.6 cm³/mol. The van der Waals surface area contributed by atoms with Crippen molar-refractivity contribution in [3.05, 3.63) is 0 Å². The van der Waals surface area contributed by atoms with Gasteiger partial charge in [0.25, 0.3) is 0 Å². The van der Waals surface area contributed by atoms with E-state index in [4.69, 9.17) is 4.74 Å². The molecule has 6 atom stereocenters. The van der Waals surface area contributed by atoms with Gasteiger partial charge >= 0.3 is 0 Å². The quantitative estimate of drug-likeness (QED) is 0.480. The molecule has 3 aliphatic rings. The second-order valence-electron chi connectivity index (χ2n) is 8.91. The molecule has 0 aromatic carbocycles. The molecule has 0 aromatic heterocycles. The Bertz CT molecular complexity index is 339. The summed E-state index contributed by atoms with van der Waals surface area (Å²) in [5.74, 6) is 5.31. The Hall–Kier alpha value is -0.0400. The Labute approximate surface area is 144 Å². The summed E-state index contributed by atoms with van der Waals surface area (Å²) in [6.07, 6.45) is 19.4. The average Bonchev–Trinajstić information content (AvgIpc) is 2.59. The van der Waals surface area contributed by atoms with Crippen LogP contribution in [0.25, 0.3) is 0 Å². The zero-order chi connectivity index (χ0) is 16.1. The molecule has 134 valence electrons. The fourth-order valence-corrected chi connectivity index (χ4v) is 6.15. The number of hydrogen-bond donors (Lipinski definition) is 0. The van der Waals surface area contributed by atoms with Crippen LogP contribution in [0.3, 0.4) is 0 Å². The summed E-state index contributed by atoms with van der Waals surface area (Å²) in [6, 6.07) is 0. The summed E-state index contributed by atoms with van der Waals surface area (Å²) in [6.45, 7) is 5.61. The summed E-state index contributed by atoms with van der Waals surface area (Å²) >= 11 is 0. The second-order valence-corrected chi connectivity index (χ2v) is 8.91. The Morgan fingerprint density at radius 1 is 0.739 bits per heavy atom. The van der Waals surface area contributed by atoms with E-state index >= 15 is 0 Å². The SMILES string of the molecule is CCCCO[C@@H]1CCC2C(CCC3C[C@H](CCCC)CCC32)C1. The van der Waals surface area contributed by atoms with Crippen LogP contribution in [0.4, 0.5) is 0 Å². The van der Waals surface area contributed by atoms with Crippen molar-refractivity contribution in [2.24, 2.45) is 29.6 Å². The van der Waals surface area contributed by atoms with Gasteiger partial charge in [0.05, 0.1) is 6.10 Å². The predicted octanol–water partition coefficient (Wildman–Crippen LogP) is 6.60. The lowest BCUT2D eigenvalue weighted by Crippen LogP contribution is -2.42. The first-order valence-electron chi connectivity index (χ1n) is 10.9. The first-order valence-corrected chi connectivity index (χ1v) is 10.9. The lowest BCUT2D eigenvalue weighted by Gasteiger charge is -2.50. The number of unbranched alkanes of at least 4 members (excludes halogenated alkanes) is 2. The summed E-state index contributed by atoms with van der Waals surface area (Å²) in [4.78, 5) is 0. The number of hydrogen-bond acceptors (Lipinski definition) is 1. The van der Waals surface area contributed by atoms with Crippen LogP contribution in [0.2, 0.25) is 0 Å². The minimum Gasteiger partial charge on any atom is -0.378 e. The highest BCUT2D eigenvalue weighted by Crippen LogP contribution is 2.53. The maximum Gasteiger partial charge on any atom is 0.0578 e. The second kappa shape index (κ2) is 8.88. The molecule has 3 rings (SSSR count). The van der Waals surface area contributed by atoms with Crippen LogP contribution in [0, 0.1) is 29.6 Å². The van der Waals surface area contributed by atoms with Crippen molar-refractivity contribution < 1.29 is 4.74 Å². The van der Waals surface area contributed by atoms with E-state index in [2.05, 4.69) is 13.8 Å². The fraction of sp³-hybridized carbons (Fsp3) is 1.00. The van der Waals surface area contributed by atoms with E-state index < -0.39 is 0 Å². The molecule has 1 heteroatoms. The van der Waals surface area contributed by atoms with Gasteiger partial charge in [0.15, 0.2) is 0 Å². The first-order chi connectivity index (χ1) is 11.3. The monoisotopic (exact) mass is 320 g/mol. The smallest absolute Gasteiger partial charge is 0.0578 e. The van der Waals surface area contributed by atoms with Gasteiger partial charge < -0.3 is 4.74 Å². The van der Waals surface area contributed by atoms with Gasteiger partial charge in [-0.05, 0) is 81.0 Å². The minimum absolute atomic E-state index is 0.597. The van der Waals surface area contributed by atoms with E-state index in [0.29, 0.717) is 6.10 Å². The van der Waals surface area contributed by atoms with E-state index in [1.807, 2.05) is 0 Å². The third-order valence-corrected chi connectivity index (χ3v) is 7.42. The van der Waals surface area contributed by atoms with Crippen LogP contribution in [-0.4, -0.2) is 12.7 Å². The lowest BCUT2D eigenvalue weighted by molar-refractivity contribution is -0.0537. The molecular weight excluding hydrogens is 280 g/mol. The average molecular weight is 321 g/mol. The zero-order valence-electron chi connectivity index (χ0n) is 15.8. The van der Waals surface area contributed by atoms with Gasteiger partial charge in [-0.2, -0.15) is 0 Å². The summed E-state index contributed by atoms with van der Waals surface area (Å²) in [5, 5.41) is 0. The molecule has 0 aliphatic heterocycles. The van der Waals surface area contributed by atoms with E-state index in [1.165, 1.54) is 64.2 Å². The van der Waals surface area contributed by atoms with Crippen molar-refractivity contribution in [2.75, 3.05) is 6.61 Å². The molecule has 0 amide bonds. The highest BCUT2D eigenvalue weighted by Gasteiger charge is 2.44.